The Morgan fingerprint density at radius 1 is 1.23 bits per heavy atom. The molecule has 0 bridgehead atoms. The first-order chi connectivity index (χ1) is 12.5. The van der Waals surface area contributed by atoms with Crippen LogP contribution in [0.1, 0.15) is 56.0 Å². The van der Waals surface area contributed by atoms with Crippen molar-refractivity contribution in [3.8, 4) is 0 Å². The average molecular weight is 357 g/mol. The second-order valence-electron chi connectivity index (χ2n) is 7.84. The number of aromatic nitrogens is 2. The minimum atomic E-state index is 0.112. The molecule has 0 aliphatic carbocycles. The highest BCUT2D eigenvalue weighted by Crippen LogP contribution is 2.18. The standard InChI is InChI=1S/C21H32N4O/c1-15-12-16(2)21-18(13-15)23-19(24-21)8-9-20(26)22-17(3)14-25-10-6-4-5-7-11-25/h12-13,17H,4-11,14H2,1-3H3,(H,22,26)(H,23,24)/t17-/m1/s1. The van der Waals surface area contributed by atoms with Gasteiger partial charge in [0.25, 0.3) is 0 Å². The first kappa shape index (κ1) is 18.9. The molecule has 1 saturated heterocycles. The zero-order valence-corrected chi connectivity index (χ0v) is 16.4. The van der Waals surface area contributed by atoms with E-state index in [1.807, 2.05) is 0 Å². The molecular weight excluding hydrogens is 324 g/mol. The van der Waals surface area contributed by atoms with E-state index in [2.05, 4.69) is 53.1 Å². The number of hydrogen-bond acceptors (Lipinski definition) is 3. The van der Waals surface area contributed by atoms with Crippen molar-refractivity contribution in [1.29, 1.82) is 0 Å². The predicted molar refractivity (Wildman–Crippen MR) is 106 cm³/mol. The van der Waals surface area contributed by atoms with Gasteiger partial charge in [-0.25, -0.2) is 4.98 Å². The number of benzene rings is 1. The van der Waals surface area contributed by atoms with E-state index in [1.54, 1.807) is 0 Å². The Hall–Kier alpha value is -1.88. The summed E-state index contributed by atoms with van der Waals surface area (Å²) in [5, 5.41) is 3.15. The van der Waals surface area contributed by atoms with Gasteiger partial charge in [-0.05, 0) is 63.9 Å². The number of nitrogens with zero attached hydrogens (tertiary/aromatic N) is 2. The van der Waals surface area contributed by atoms with E-state index in [-0.39, 0.29) is 11.9 Å². The lowest BCUT2D eigenvalue weighted by molar-refractivity contribution is -0.121. The van der Waals surface area contributed by atoms with Crippen LogP contribution in [-0.4, -0.2) is 46.5 Å². The smallest absolute Gasteiger partial charge is 0.220 e. The number of aryl methyl sites for hydroxylation is 3. The second kappa shape index (κ2) is 8.67. The fourth-order valence-corrected chi connectivity index (χ4v) is 3.97. The predicted octanol–water partition coefficient (Wildman–Crippen LogP) is 3.49. The van der Waals surface area contributed by atoms with Crippen molar-refractivity contribution in [2.24, 2.45) is 0 Å². The lowest BCUT2D eigenvalue weighted by atomic mass is 10.1. The maximum absolute atomic E-state index is 12.3. The topological polar surface area (TPSA) is 61.0 Å². The molecule has 0 unspecified atom stereocenters. The molecular formula is C21H32N4O. The molecule has 142 valence electrons. The van der Waals surface area contributed by atoms with Gasteiger partial charge in [-0.3, -0.25) is 4.79 Å². The molecule has 3 rings (SSSR count). The van der Waals surface area contributed by atoms with Gasteiger partial charge in [0.2, 0.25) is 5.91 Å². The van der Waals surface area contributed by atoms with Gasteiger partial charge >= 0.3 is 0 Å². The minimum Gasteiger partial charge on any atom is -0.352 e. The molecule has 1 amide bonds. The van der Waals surface area contributed by atoms with Crippen molar-refractivity contribution >= 4 is 16.9 Å². The normalized spacial score (nSPS) is 17.2. The molecule has 1 aliphatic heterocycles. The summed E-state index contributed by atoms with van der Waals surface area (Å²) in [6.07, 6.45) is 6.37. The maximum atomic E-state index is 12.3. The van der Waals surface area contributed by atoms with E-state index >= 15 is 0 Å². The van der Waals surface area contributed by atoms with Gasteiger partial charge in [-0.15, -0.1) is 0 Å². The van der Waals surface area contributed by atoms with E-state index in [1.165, 1.54) is 36.8 Å². The Balaban J connectivity index is 1.48. The SMILES string of the molecule is Cc1cc(C)c2nc(CCC(=O)N[C@H](C)CN3CCCCCC3)[nH]c2c1. The lowest BCUT2D eigenvalue weighted by Gasteiger charge is -2.24. The van der Waals surface area contributed by atoms with Crippen molar-refractivity contribution in [2.45, 2.75) is 65.3 Å². The van der Waals surface area contributed by atoms with Crippen molar-refractivity contribution in [3.05, 3.63) is 29.1 Å². The first-order valence-corrected chi connectivity index (χ1v) is 9.99. The average Bonchev–Trinajstić information content (AvgIpc) is 2.81. The number of carbonyl (C=O) groups is 1. The van der Waals surface area contributed by atoms with Gasteiger partial charge in [0.15, 0.2) is 0 Å². The lowest BCUT2D eigenvalue weighted by Crippen LogP contribution is -2.42. The molecule has 26 heavy (non-hydrogen) atoms. The zero-order chi connectivity index (χ0) is 18.5. The van der Waals surface area contributed by atoms with Gasteiger partial charge in [0.1, 0.15) is 5.82 Å². The summed E-state index contributed by atoms with van der Waals surface area (Å²) in [7, 11) is 0. The number of fused-ring (bicyclic) bond motifs is 1. The number of hydrogen-bond donors (Lipinski definition) is 2. The Bertz CT molecular complexity index is 744. The summed E-state index contributed by atoms with van der Waals surface area (Å²) in [4.78, 5) is 22.8. The van der Waals surface area contributed by atoms with Crippen LogP contribution in [0, 0.1) is 13.8 Å². The molecule has 2 heterocycles. The highest BCUT2D eigenvalue weighted by Gasteiger charge is 2.15. The van der Waals surface area contributed by atoms with Crippen molar-refractivity contribution < 1.29 is 4.79 Å². The summed E-state index contributed by atoms with van der Waals surface area (Å²) in [6.45, 7) is 9.56. The summed E-state index contributed by atoms with van der Waals surface area (Å²) >= 11 is 0. The van der Waals surface area contributed by atoms with Crippen LogP contribution < -0.4 is 5.32 Å². The summed E-state index contributed by atoms with van der Waals surface area (Å²) in [5.41, 5.74) is 4.48. The van der Waals surface area contributed by atoms with Crippen LogP contribution in [0.15, 0.2) is 12.1 Å². The molecule has 5 nitrogen and oxygen atoms in total. The van der Waals surface area contributed by atoms with Crippen LogP contribution in [0.4, 0.5) is 0 Å². The molecule has 2 N–H and O–H groups in total. The quantitative estimate of drug-likeness (QED) is 0.833. The minimum absolute atomic E-state index is 0.112. The molecule has 1 aliphatic rings. The van der Waals surface area contributed by atoms with Crippen LogP contribution in [0.25, 0.3) is 11.0 Å². The molecule has 1 aromatic carbocycles. The Morgan fingerprint density at radius 3 is 2.69 bits per heavy atom. The molecule has 5 heteroatoms. The Morgan fingerprint density at radius 2 is 1.96 bits per heavy atom. The maximum Gasteiger partial charge on any atom is 0.220 e. The number of aromatic amines is 1. The van der Waals surface area contributed by atoms with E-state index < -0.39 is 0 Å². The van der Waals surface area contributed by atoms with E-state index in [0.717, 1.165) is 36.5 Å². The largest absolute Gasteiger partial charge is 0.352 e. The van der Waals surface area contributed by atoms with Crippen LogP contribution in [0.3, 0.4) is 0 Å². The summed E-state index contributed by atoms with van der Waals surface area (Å²) in [5.74, 6) is 1.00. The van der Waals surface area contributed by atoms with Crippen molar-refractivity contribution in [3.63, 3.8) is 0 Å². The van der Waals surface area contributed by atoms with Gasteiger partial charge in [-0.1, -0.05) is 18.9 Å². The number of imidazole rings is 1. The number of carbonyl (C=O) groups excluding carboxylic acids is 1. The number of nitrogens with one attached hydrogen (secondary N) is 2. The van der Waals surface area contributed by atoms with Crippen LogP contribution in [0.5, 0.6) is 0 Å². The highest BCUT2D eigenvalue weighted by atomic mass is 16.1. The third-order valence-electron chi connectivity index (χ3n) is 5.20. The van der Waals surface area contributed by atoms with Gasteiger partial charge in [-0.2, -0.15) is 0 Å². The van der Waals surface area contributed by atoms with Crippen molar-refractivity contribution in [2.75, 3.05) is 19.6 Å². The Kier molecular flexibility index (Phi) is 6.30. The number of H-pyrrole nitrogens is 1. The monoisotopic (exact) mass is 356 g/mol. The van der Waals surface area contributed by atoms with Crippen molar-refractivity contribution in [1.82, 2.24) is 20.2 Å². The molecule has 0 saturated carbocycles. The van der Waals surface area contributed by atoms with E-state index in [4.69, 9.17) is 0 Å². The molecule has 2 aromatic rings. The fourth-order valence-electron chi connectivity index (χ4n) is 3.97. The van der Waals surface area contributed by atoms with Gasteiger partial charge < -0.3 is 15.2 Å². The number of rotatable bonds is 6. The first-order valence-electron chi connectivity index (χ1n) is 9.99. The Labute approximate surface area is 156 Å². The third kappa shape index (κ3) is 5.07. The van der Waals surface area contributed by atoms with Crippen LogP contribution in [-0.2, 0) is 11.2 Å². The molecule has 0 spiro atoms. The zero-order valence-electron chi connectivity index (χ0n) is 16.4. The highest BCUT2D eigenvalue weighted by molar-refractivity contribution is 5.80. The molecule has 0 radical (unpaired) electrons. The molecule has 1 fully saturated rings. The van der Waals surface area contributed by atoms with Crippen LogP contribution in [0.2, 0.25) is 0 Å². The second-order valence-corrected chi connectivity index (χ2v) is 7.84. The summed E-state index contributed by atoms with van der Waals surface area (Å²) in [6, 6.07) is 4.45. The number of likely N-dealkylation sites (tertiary alicyclic amines) is 1. The fraction of sp³-hybridized carbons (Fsp3) is 0.619. The molecule has 1 atom stereocenters. The molecule has 1 aromatic heterocycles. The van der Waals surface area contributed by atoms with E-state index in [0.29, 0.717) is 12.8 Å². The number of amides is 1. The van der Waals surface area contributed by atoms with E-state index in [9.17, 15) is 4.79 Å². The van der Waals surface area contributed by atoms with Gasteiger partial charge in [0.05, 0.1) is 11.0 Å². The van der Waals surface area contributed by atoms with Crippen LogP contribution >= 0.6 is 0 Å². The third-order valence-corrected chi connectivity index (χ3v) is 5.20. The summed E-state index contributed by atoms with van der Waals surface area (Å²) < 4.78 is 0. The van der Waals surface area contributed by atoms with Gasteiger partial charge in [0, 0.05) is 25.4 Å².